The summed E-state index contributed by atoms with van der Waals surface area (Å²) in [5.41, 5.74) is 8.19. The summed E-state index contributed by atoms with van der Waals surface area (Å²) in [6.45, 7) is 0. The molecule has 0 radical (unpaired) electrons. The van der Waals surface area contributed by atoms with E-state index in [-0.39, 0.29) is 11.3 Å². The Bertz CT molecular complexity index is 876. The SMILES string of the molecule is COc1ccc(-c2nnc(SCc3ccc(N)cc3)[nH]c2=O)cc1. The maximum Gasteiger partial charge on any atom is 0.278 e. The number of H-pyrrole nitrogens is 1. The van der Waals surface area contributed by atoms with Gasteiger partial charge in [0.1, 0.15) is 5.75 Å². The van der Waals surface area contributed by atoms with Crippen molar-refractivity contribution in [3.63, 3.8) is 0 Å². The number of rotatable bonds is 5. The van der Waals surface area contributed by atoms with Gasteiger partial charge in [-0.1, -0.05) is 23.9 Å². The molecule has 0 spiro atoms. The number of hydrogen-bond donors (Lipinski definition) is 2. The summed E-state index contributed by atoms with van der Waals surface area (Å²) in [6, 6.07) is 14.7. The Balaban J connectivity index is 1.74. The summed E-state index contributed by atoms with van der Waals surface area (Å²) in [5, 5.41) is 8.63. The first-order valence-corrected chi connectivity index (χ1v) is 8.23. The Kier molecular flexibility index (Phi) is 4.81. The number of aromatic amines is 1. The molecule has 7 heteroatoms. The number of ether oxygens (including phenoxy) is 1. The van der Waals surface area contributed by atoms with Gasteiger partial charge >= 0.3 is 0 Å². The Morgan fingerprint density at radius 3 is 2.42 bits per heavy atom. The van der Waals surface area contributed by atoms with Crippen LogP contribution < -0.4 is 16.0 Å². The largest absolute Gasteiger partial charge is 0.497 e. The zero-order valence-electron chi connectivity index (χ0n) is 13.0. The van der Waals surface area contributed by atoms with Crippen LogP contribution >= 0.6 is 11.8 Å². The number of thioether (sulfide) groups is 1. The molecular formula is C17H16N4O2S. The second-order valence-corrected chi connectivity index (χ2v) is 6.03. The molecule has 2 aromatic carbocycles. The maximum atomic E-state index is 12.2. The average Bonchev–Trinajstić information content (AvgIpc) is 2.61. The van der Waals surface area contributed by atoms with Crippen molar-refractivity contribution in [3.05, 3.63) is 64.4 Å². The fraction of sp³-hybridized carbons (Fsp3) is 0.118. The number of nitrogens with one attached hydrogen (secondary N) is 1. The molecule has 0 aliphatic heterocycles. The molecule has 122 valence electrons. The first-order valence-electron chi connectivity index (χ1n) is 7.24. The zero-order chi connectivity index (χ0) is 16.9. The lowest BCUT2D eigenvalue weighted by Gasteiger charge is -2.04. The number of nitrogens with zero attached hydrogens (tertiary/aromatic N) is 2. The van der Waals surface area contributed by atoms with E-state index in [9.17, 15) is 4.79 Å². The summed E-state index contributed by atoms with van der Waals surface area (Å²) in [5.74, 6) is 1.39. The molecule has 24 heavy (non-hydrogen) atoms. The lowest BCUT2D eigenvalue weighted by molar-refractivity contribution is 0.415. The van der Waals surface area contributed by atoms with E-state index in [1.807, 2.05) is 24.3 Å². The standard InChI is InChI=1S/C17H16N4O2S/c1-23-14-8-4-12(5-9-14)15-16(22)19-17(21-20-15)24-10-11-2-6-13(18)7-3-11/h2-9H,10,18H2,1H3,(H,19,21,22). The third-order valence-electron chi connectivity index (χ3n) is 3.40. The second kappa shape index (κ2) is 7.18. The molecule has 0 amide bonds. The van der Waals surface area contributed by atoms with Gasteiger partial charge < -0.3 is 10.5 Å². The molecule has 1 heterocycles. The molecule has 0 fully saturated rings. The minimum Gasteiger partial charge on any atom is -0.497 e. The number of aromatic nitrogens is 3. The van der Waals surface area contributed by atoms with Crippen LogP contribution in [0, 0.1) is 0 Å². The topological polar surface area (TPSA) is 93.9 Å². The predicted octanol–water partition coefficient (Wildman–Crippen LogP) is 2.71. The minimum absolute atomic E-state index is 0.269. The van der Waals surface area contributed by atoms with Crippen molar-refractivity contribution in [1.82, 2.24) is 15.2 Å². The van der Waals surface area contributed by atoms with Gasteiger partial charge in [0.25, 0.3) is 5.56 Å². The van der Waals surface area contributed by atoms with Crippen LogP contribution in [-0.2, 0) is 5.75 Å². The molecule has 0 aliphatic rings. The number of methoxy groups -OCH3 is 1. The average molecular weight is 340 g/mol. The van der Waals surface area contributed by atoms with Crippen molar-refractivity contribution < 1.29 is 4.74 Å². The van der Waals surface area contributed by atoms with Crippen molar-refractivity contribution >= 4 is 17.4 Å². The van der Waals surface area contributed by atoms with E-state index >= 15 is 0 Å². The van der Waals surface area contributed by atoms with Gasteiger partial charge in [0, 0.05) is 17.0 Å². The van der Waals surface area contributed by atoms with E-state index in [4.69, 9.17) is 10.5 Å². The first-order chi connectivity index (χ1) is 11.7. The highest BCUT2D eigenvalue weighted by molar-refractivity contribution is 7.98. The van der Waals surface area contributed by atoms with Gasteiger partial charge in [-0.3, -0.25) is 9.78 Å². The normalized spacial score (nSPS) is 10.5. The van der Waals surface area contributed by atoms with Crippen LogP contribution in [0.3, 0.4) is 0 Å². The molecule has 6 nitrogen and oxygen atoms in total. The van der Waals surface area contributed by atoms with E-state index in [2.05, 4.69) is 15.2 Å². The zero-order valence-corrected chi connectivity index (χ0v) is 13.8. The highest BCUT2D eigenvalue weighted by atomic mass is 32.2. The lowest BCUT2D eigenvalue weighted by atomic mass is 10.1. The third-order valence-corrected chi connectivity index (χ3v) is 4.33. The van der Waals surface area contributed by atoms with Gasteiger partial charge in [-0.2, -0.15) is 0 Å². The van der Waals surface area contributed by atoms with Crippen LogP contribution in [0.25, 0.3) is 11.3 Å². The number of anilines is 1. The van der Waals surface area contributed by atoms with Crippen molar-refractivity contribution in [3.8, 4) is 17.0 Å². The molecule has 0 saturated carbocycles. The van der Waals surface area contributed by atoms with E-state index in [1.54, 1.807) is 31.4 Å². The molecule has 0 aliphatic carbocycles. The fourth-order valence-electron chi connectivity index (χ4n) is 2.09. The van der Waals surface area contributed by atoms with E-state index in [0.717, 1.165) is 17.0 Å². The van der Waals surface area contributed by atoms with Crippen molar-refractivity contribution in [2.45, 2.75) is 10.9 Å². The summed E-state index contributed by atoms with van der Waals surface area (Å²) in [4.78, 5) is 15.0. The Morgan fingerprint density at radius 2 is 1.79 bits per heavy atom. The molecule has 3 aromatic rings. The van der Waals surface area contributed by atoms with Crippen molar-refractivity contribution in [2.24, 2.45) is 0 Å². The summed E-state index contributed by atoms with van der Waals surface area (Å²) in [7, 11) is 1.59. The number of nitrogen functional groups attached to an aromatic ring is 1. The van der Waals surface area contributed by atoms with Crippen LogP contribution in [0.1, 0.15) is 5.56 Å². The van der Waals surface area contributed by atoms with Crippen LogP contribution in [0.15, 0.2) is 58.5 Å². The van der Waals surface area contributed by atoms with Crippen LogP contribution in [0.2, 0.25) is 0 Å². The number of benzene rings is 2. The smallest absolute Gasteiger partial charge is 0.278 e. The van der Waals surface area contributed by atoms with Gasteiger partial charge in [-0.15, -0.1) is 10.2 Å². The molecule has 3 N–H and O–H groups in total. The third kappa shape index (κ3) is 3.75. The van der Waals surface area contributed by atoms with Crippen molar-refractivity contribution in [2.75, 3.05) is 12.8 Å². The van der Waals surface area contributed by atoms with Crippen LogP contribution in [-0.4, -0.2) is 22.3 Å². The molecule has 0 bridgehead atoms. The molecule has 0 atom stereocenters. The lowest BCUT2D eigenvalue weighted by Crippen LogP contribution is -2.14. The summed E-state index contributed by atoms with van der Waals surface area (Å²) in [6.07, 6.45) is 0. The summed E-state index contributed by atoms with van der Waals surface area (Å²) < 4.78 is 5.10. The van der Waals surface area contributed by atoms with E-state index in [1.165, 1.54) is 11.8 Å². The summed E-state index contributed by atoms with van der Waals surface area (Å²) >= 11 is 1.41. The van der Waals surface area contributed by atoms with Crippen LogP contribution in [0.4, 0.5) is 5.69 Å². The molecule has 0 saturated heterocycles. The fourth-order valence-corrected chi connectivity index (χ4v) is 2.85. The Labute approximate surface area is 143 Å². The maximum absolute atomic E-state index is 12.2. The van der Waals surface area contributed by atoms with Gasteiger partial charge in [-0.25, -0.2) is 0 Å². The monoisotopic (exact) mass is 340 g/mol. The number of nitrogens with two attached hydrogens (primary N) is 1. The number of hydrogen-bond acceptors (Lipinski definition) is 6. The quantitative estimate of drug-likeness (QED) is 0.548. The second-order valence-electron chi connectivity index (χ2n) is 5.07. The van der Waals surface area contributed by atoms with Gasteiger partial charge in [0.15, 0.2) is 10.9 Å². The van der Waals surface area contributed by atoms with Gasteiger partial charge in [-0.05, 0) is 42.0 Å². The Morgan fingerprint density at radius 1 is 1.08 bits per heavy atom. The Hall–Kier alpha value is -2.80. The van der Waals surface area contributed by atoms with E-state index in [0.29, 0.717) is 16.5 Å². The molecule has 3 rings (SSSR count). The highest BCUT2D eigenvalue weighted by Gasteiger charge is 2.08. The molecule has 1 aromatic heterocycles. The van der Waals surface area contributed by atoms with Crippen molar-refractivity contribution in [1.29, 1.82) is 0 Å². The molecule has 0 unspecified atom stereocenters. The molecular weight excluding hydrogens is 324 g/mol. The van der Waals surface area contributed by atoms with E-state index < -0.39 is 0 Å². The minimum atomic E-state index is -0.269. The predicted molar refractivity (Wildman–Crippen MR) is 95.1 cm³/mol. The highest BCUT2D eigenvalue weighted by Crippen LogP contribution is 2.20. The van der Waals surface area contributed by atoms with Gasteiger partial charge in [0.05, 0.1) is 7.11 Å². The van der Waals surface area contributed by atoms with Crippen LogP contribution in [0.5, 0.6) is 5.75 Å². The first kappa shape index (κ1) is 16.1. The van der Waals surface area contributed by atoms with Gasteiger partial charge in [0.2, 0.25) is 0 Å².